The van der Waals surface area contributed by atoms with Crippen molar-refractivity contribution in [3.05, 3.63) is 47.4 Å². The van der Waals surface area contributed by atoms with Crippen LogP contribution in [-0.4, -0.2) is 12.2 Å². The molecule has 0 saturated heterocycles. The van der Waals surface area contributed by atoms with Crippen LogP contribution < -0.4 is 4.90 Å². The van der Waals surface area contributed by atoms with Crippen molar-refractivity contribution in [1.82, 2.24) is 0 Å². The summed E-state index contributed by atoms with van der Waals surface area (Å²) in [6.07, 6.45) is 0. The average molecular weight is 223 g/mol. The Bertz CT molecular complexity index is 520. The van der Waals surface area contributed by atoms with E-state index in [1.54, 1.807) is 14.0 Å². The van der Waals surface area contributed by atoms with Crippen molar-refractivity contribution in [3.63, 3.8) is 0 Å². The molecule has 0 fully saturated rings. The molecule has 0 amide bonds. The number of hydrogen-bond acceptors (Lipinski definition) is 2. The van der Waals surface area contributed by atoms with Crippen molar-refractivity contribution in [2.75, 3.05) is 11.9 Å². The first kappa shape index (κ1) is 10.7. The molecule has 0 bridgehead atoms. The van der Waals surface area contributed by atoms with E-state index in [-0.39, 0.29) is 16.9 Å². The first-order chi connectivity index (χ1) is 7.43. The fourth-order valence-electron chi connectivity index (χ4n) is 1.80. The van der Waals surface area contributed by atoms with E-state index in [9.17, 15) is 13.9 Å². The second-order valence-corrected chi connectivity index (χ2v) is 3.75. The van der Waals surface area contributed by atoms with Crippen LogP contribution in [0, 0.1) is 11.6 Å². The summed E-state index contributed by atoms with van der Waals surface area (Å²) in [5, 5.41) is 9.74. The Labute approximate surface area is 92.1 Å². The van der Waals surface area contributed by atoms with Gasteiger partial charge in [-0.3, -0.25) is 0 Å². The molecule has 84 valence electrons. The van der Waals surface area contributed by atoms with Gasteiger partial charge in [0, 0.05) is 24.3 Å². The summed E-state index contributed by atoms with van der Waals surface area (Å²) in [4.78, 5) is 1.53. The number of fused-ring (bicyclic) bond motifs is 1. The van der Waals surface area contributed by atoms with Crippen molar-refractivity contribution in [1.29, 1.82) is 0 Å². The van der Waals surface area contributed by atoms with E-state index in [0.29, 0.717) is 11.4 Å². The van der Waals surface area contributed by atoms with Crippen LogP contribution in [0.3, 0.4) is 0 Å². The topological polar surface area (TPSA) is 23.5 Å². The molecule has 0 saturated carbocycles. The second kappa shape index (κ2) is 3.33. The number of benzene rings is 1. The Morgan fingerprint density at radius 2 is 1.94 bits per heavy atom. The summed E-state index contributed by atoms with van der Waals surface area (Å²) in [5.74, 6) is -1.43. The molecule has 0 spiro atoms. The van der Waals surface area contributed by atoms with Gasteiger partial charge in [-0.15, -0.1) is 0 Å². The Morgan fingerprint density at radius 1 is 1.31 bits per heavy atom. The third-order valence-corrected chi connectivity index (χ3v) is 2.83. The lowest BCUT2D eigenvalue weighted by Gasteiger charge is -2.30. The second-order valence-electron chi connectivity index (χ2n) is 3.75. The molecular formula is C12H11F2NO. The minimum Gasteiger partial charge on any atom is -0.505 e. The molecule has 1 heterocycles. The van der Waals surface area contributed by atoms with E-state index >= 15 is 0 Å². The van der Waals surface area contributed by atoms with E-state index in [1.807, 2.05) is 0 Å². The summed E-state index contributed by atoms with van der Waals surface area (Å²) in [6, 6.07) is 2.01. The summed E-state index contributed by atoms with van der Waals surface area (Å²) in [5.41, 5.74) is 1.22. The molecule has 2 rings (SSSR count). The zero-order valence-corrected chi connectivity index (χ0v) is 9.01. The first-order valence-corrected chi connectivity index (χ1v) is 4.75. The number of aliphatic hydroxyl groups excluding tert-OH is 1. The van der Waals surface area contributed by atoms with Gasteiger partial charge in [0.25, 0.3) is 0 Å². The Balaban J connectivity index is 2.76. The number of aliphatic hydroxyl groups is 1. The molecule has 0 atom stereocenters. The fraction of sp³-hybridized carbons (Fsp3) is 0.167. The molecule has 4 heteroatoms. The predicted octanol–water partition coefficient (Wildman–Crippen LogP) is 3.22. The summed E-state index contributed by atoms with van der Waals surface area (Å²) >= 11 is 0. The van der Waals surface area contributed by atoms with Crippen molar-refractivity contribution < 1.29 is 13.9 Å². The van der Waals surface area contributed by atoms with Crippen LogP contribution in [0.5, 0.6) is 0 Å². The highest BCUT2D eigenvalue weighted by Crippen LogP contribution is 2.39. The van der Waals surface area contributed by atoms with Gasteiger partial charge in [-0.1, -0.05) is 6.58 Å². The maximum atomic E-state index is 13.6. The van der Waals surface area contributed by atoms with Crippen molar-refractivity contribution >= 4 is 11.3 Å². The smallest absolute Gasteiger partial charge is 0.142 e. The molecule has 1 aromatic rings. The highest BCUT2D eigenvalue weighted by Gasteiger charge is 2.26. The summed E-state index contributed by atoms with van der Waals surface area (Å²) in [6.45, 7) is 5.27. The molecule has 2 nitrogen and oxygen atoms in total. The van der Waals surface area contributed by atoms with Crippen LogP contribution in [0.2, 0.25) is 0 Å². The van der Waals surface area contributed by atoms with Crippen LogP contribution >= 0.6 is 0 Å². The van der Waals surface area contributed by atoms with Gasteiger partial charge >= 0.3 is 0 Å². The van der Waals surface area contributed by atoms with Gasteiger partial charge in [0.15, 0.2) is 0 Å². The minimum atomic E-state index is -0.717. The molecular weight excluding hydrogens is 212 g/mol. The van der Waals surface area contributed by atoms with Crippen LogP contribution in [0.1, 0.15) is 12.5 Å². The van der Waals surface area contributed by atoms with E-state index < -0.39 is 11.6 Å². The molecule has 16 heavy (non-hydrogen) atoms. The van der Waals surface area contributed by atoms with Crippen LogP contribution in [0.4, 0.5) is 14.5 Å². The standard InChI is InChI=1S/C12H11F2NO/c1-6-11-9(14)4-8(13)5-10(11)15(3)7(2)12(6)16/h4-5,16H,1H2,2-3H3. The lowest BCUT2D eigenvalue weighted by molar-refractivity contribution is 0.426. The highest BCUT2D eigenvalue weighted by atomic mass is 19.1. The van der Waals surface area contributed by atoms with Gasteiger partial charge in [0.05, 0.1) is 11.4 Å². The van der Waals surface area contributed by atoms with Crippen molar-refractivity contribution in [2.45, 2.75) is 6.92 Å². The number of anilines is 1. The fourth-order valence-corrected chi connectivity index (χ4v) is 1.80. The van der Waals surface area contributed by atoms with Crippen molar-refractivity contribution in [3.8, 4) is 0 Å². The molecule has 1 N–H and O–H groups in total. The zero-order valence-electron chi connectivity index (χ0n) is 9.01. The van der Waals surface area contributed by atoms with E-state index in [0.717, 1.165) is 6.07 Å². The molecule has 1 aromatic carbocycles. The molecule has 1 aliphatic heterocycles. The number of nitrogens with zero attached hydrogens (tertiary/aromatic N) is 1. The quantitative estimate of drug-likeness (QED) is 0.730. The molecule has 0 aliphatic carbocycles. The third kappa shape index (κ3) is 1.30. The van der Waals surface area contributed by atoms with Gasteiger partial charge in [0.1, 0.15) is 17.4 Å². The molecule has 0 aromatic heterocycles. The first-order valence-electron chi connectivity index (χ1n) is 4.75. The van der Waals surface area contributed by atoms with E-state index in [4.69, 9.17) is 0 Å². The van der Waals surface area contributed by atoms with Gasteiger partial charge in [-0.2, -0.15) is 0 Å². The molecule has 0 radical (unpaired) electrons. The largest absolute Gasteiger partial charge is 0.505 e. The van der Waals surface area contributed by atoms with Crippen LogP contribution in [0.15, 0.2) is 30.2 Å². The van der Waals surface area contributed by atoms with E-state index in [2.05, 4.69) is 6.58 Å². The van der Waals surface area contributed by atoms with Gasteiger partial charge < -0.3 is 10.0 Å². The Morgan fingerprint density at radius 3 is 2.56 bits per heavy atom. The zero-order chi connectivity index (χ0) is 12.0. The van der Waals surface area contributed by atoms with Gasteiger partial charge in [0.2, 0.25) is 0 Å². The van der Waals surface area contributed by atoms with Crippen LogP contribution in [-0.2, 0) is 0 Å². The number of allylic oxidation sites excluding steroid dienone is 2. The van der Waals surface area contributed by atoms with Crippen molar-refractivity contribution in [2.24, 2.45) is 0 Å². The Kier molecular flexibility index (Phi) is 2.22. The van der Waals surface area contributed by atoms with Crippen LogP contribution in [0.25, 0.3) is 5.57 Å². The lowest BCUT2D eigenvalue weighted by Crippen LogP contribution is -2.23. The molecule has 1 aliphatic rings. The maximum absolute atomic E-state index is 13.6. The van der Waals surface area contributed by atoms with Gasteiger partial charge in [-0.25, -0.2) is 8.78 Å². The highest BCUT2D eigenvalue weighted by molar-refractivity contribution is 5.88. The van der Waals surface area contributed by atoms with E-state index in [1.165, 1.54) is 11.0 Å². The minimum absolute atomic E-state index is 0.0690. The lowest BCUT2D eigenvalue weighted by atomic mass is 9.97. The summed E-state index contributed by atoms with van der Waals surface area (Å²) in [7, 11) is 1.63. The Hall–Kier alpha value is -1.84. The molecule has 0 unspecified atom stereocenters. The predicted molar refractivity (Wildman–Crippen MR) is 59.1 cm³/mol. The number of halogens is 2. The number of rotatable bonds is 0. The SMILES string of the molecule is C=C1C(O)=C(C)N(C)c2cc(F)cc(F)c21. The van der Waals surface area contributed by atoms with Gasteiger partial charge in [-0.05, 0) is 13.0 Å². The average Bonchev–Trinajstić information content (AvgIpc) is 2.22. The number of hydrogen-bond donors (Lipinski definition) is 1. The third-order valence-electron chi connectivity index (χ3n) is 2.83. The normalized spacial score (nSPS) is 15.5. The maximum Gasteiger partial charge on any atom is 0.142 e. The summed E-state index contributed by atoms with van der Waals surface area (Å²) < 4.78 is 26.7. The monoisotopic (exact) mass is 223 g/mol.